The summed E-state index contributed by atoms with van der Waals surface area (Å²) in [4.78, 5) is 0. The van der Waals surface area contributed by atoms with Crippen molar-refractivity contribution in [3.8, 4) is 44.5 Å². The van der Waals surface area contributed by atoms with E-state index >= 15 is 0 Å². The highest BCUT2D eigenvalue weighted by Gasteiger charge is 2.20. The quantitative estimate of drug-likeness (QED) is 0.150. The third-order valence-corrected chi connectivity index (χ3v) is 12.7. The van der Waals surface area contributed by atoms with Gasteiger partial charge in [0.15, 0.2) is 0 Å². The van der Waals surface area contributed by atoms with E-state index in [9.17, 15) is 0 Å². The van der Waals surface area contributed by atoms with E-state index in [2.05, 4.69) is 200 Å². The van der Waals surface area contributed by atoms with Gasteiger partial charge in [0.2, 0.25) is 0 Å². The van der Waals surface area contributed by atoms with Crippen LogP contribution in [0.1, 0.15) is 77.0 Å². The third kappa shape index (κ3) is 6.35. The average Bonchev–Trinajstić information content (AvgIpc) is 3.56. The molecule has 0 nitrogen and oxygen atoms in total. The fourth-order valence-electron chi connectivity index (χ4n) is 8.71. The number of fused-ring (bicyclic) bond motifs is 5. The summed E-state index contributed by atoms with van der Waals surface area (Å²) < 4.78 is 2.67. The van der Waals surface area contributed by atoms with Crippen molar-refractivity contribution >= 4 is 53.1 Å². The van der Waals surface area contributed by atoms with Gasteiger partial charge in [-0.3, -0.25) is 0 Å². The predicted octanol–water partition coefficient (Wildman–Crippen LogP) is 16.6. The van der Waals surface area contributed by atoms with E-state index in [0.29, 0.717) is 11.8 Å². The molecule has 1 aromatic heterocycles. The summed E-state index contributed by atoms with van der Waals surface area (Å²) in [5.74, 6) is 0.739. The first kappa shape index (κ1) is 35.2. The van der Waals surface area contributed by atoms with Crippen LogP contribution >= 0.6 is 11.3 Å². The second kappa shape index (κ2) is 13.7. The van der Waals surface area contributed by atoms with Crippen molar-refractivity contribution < 1.29 is 0 Å². The van der Waals surface area contributed by atoms with Crippen molar-refractivity contribution in [3.05, 3.63) is 168 Å². The number of rotatable bonds is 6. The minimum Gasteiger partial charge on any atom is -0.135 e. The van der Waals surface area contributed by atoms with E-state index in [0.717, 1.165) is 0 Å². The van der Waals surface area contributed by atoms with E-state index in [-0.39, 0.29) is 5.41 Å². The second-order valence-electron chi connectivity index (χ2n) is 17.0. The van der Waals surface area contributed by atoms with Gasteiger partial charge in [0.25, 0.3) is 0 Å². The van der Waals surface area contributed by atoms with Crippen LogP contribution in [0.4, 0.5) is 0 Å². The van der Waals surface area contributed by atoms with Gasteiger partial charge in [-0.05, 0) is 142 Å². The van der Waals surface area contributed by atoms with Crippen LogP contribution in [-0.4, -0.2) is 0 Å². The molecule has 0 saturated carbocycles. The van der Waals surface area contributed by atoms with E-state index in [1.54, 1.807) is 0 Å². The fourth-order valence-corrected chi connectivity index (χ4v) is 9.77. The summed E-state index contributed by atoms with van der Waals surface area (Å²) in [5, 5.41) is 8.15. The van der Waals surface area contributed by atoms with Gasteiger partial charge >= 0.3 is 0 Å². The minimum atomic E-state index is 0.143. The van der Waals surface area contributed by atoms with Crippen molar-refractivity contribution in [2.75, 3.05) is 0 Å². The Morgan fingerprint density at radius 3 is 1.22 bits per heavy atom. The lowest BCUT2D eigenvalue weighted by Crippen LogP contribution is -2.10. The van der Waals surface area contributed by atoms with Crippen LogP contribution in [0.25, 0.3) is 86.2 Å². The molecule has 0 amide bonds. The van der Waals surface area contributed by atoms with E-state index in [1.807, 2.05) is 11.3 Å². The molecule has 0 radical (unpaired) electrons. The highest BCUT2D eigenvalue weighted by molar-refractivity contribution is 7.25. The van der Waals surface area contributed by atoms with Crippen LogP contribution in [-0.2, 0) is 5.41 Å². The van der Waals surface area contributed by atoms with Gasteiger partial charge in [0, 0.05) is 20.2 Å². The highest BCUT2D eigenvalue weighted by atomic mass is 32.1. The Morgan fingerprint density at radius 2 is 0.727 bits per heavy atom. The zero-order valence-electron chi connectivity index (χ0n) is 33.0. The Morgan fingerprint density at radius 1 is 0.345 bits per heavy atom. The lowest BCUT2D eigenvalue weighted by molar-refractivity contribution is 0.590. The number of hydrogen-bond donors (Lipinski definition) is 0. The molecule has 1 heterocycles. The summed E-state index contributed by atoms with van der Waals surface area (Å²) in [5.41, 5.74) is 14.5. The molecule has 270 valence electrons. The number of thiophene rings is 1. The first-order valence-electron chi connectivity index (χ1n) is 19.8. The van der Waals surface area contributed by atoms with Gasteiger partial charge in [-0.1, -0.05) is 158 Å². The topological polar surface area (TPSA) is 0 Å². The molecule has 0 spiro atoms. The SMILES string of the molecule is CC(C)c1c2ccc(-c3ccc4sc5ccc(-c6ccc(C(C)(C)C)cc6)cc5c4c3)cc2c(C(C)C)c2ccc(-c3cccc(-c4ccccc4)c3)cc12. The standard InChI is InChI=1S/C54H48S/c1-33(2)52-45-25-19-41(42-21-27-51-47(30-42)46-29-39(20-26-50(46)55-51)36-16-22-43(23-17-36)54(5,6)7)32-49(45)53(34(3)4)44-24-18-40(31-48(44)52)38-15-11-14-37(28-38)35-12-9-8-10-13-35/h8-34H,1-7H3. The summed E-state index contributed by atoms with van der Waals surface area (Å²) in [6, 6.07) is 57.3. The Bertz CT molecular complexity index is 2880. The molecule has 0 fully saturated rings. The van der Waals surface area contributed by atoms with Crippen LogP contribution < -0.4 is 0 Å². The summed E-state index contributed by atoms with van der Waals surface area (Å²) >= 11 is 1.89. The Hall–Kier alpha value is -5.50. The van der Waals surface area contributed by atoms with Crippen LogP contribution in [0.15, 0.2) is 152 Å². The Balaban J connectivity index is 1.16. The summed E-state index contributed by atoms with van der Waals surface area (Å²) in [7, 11) is 0. The van der Waals surface area contributed by atoms with Gasteiger partial charge in [0.05, 0.1) is 0 Å². The van der Waals surface area contributed by atoms with Crippen LogP contribution in [0.3, 0.4) is 0 Å². The Kier molecular flexibility index (Phi) is 8.75. The fraction of sp³-hybridized carbons (Fsp3) is 0.185. The lowest BCUT2D eigenvalue weighted by atomic mass is 9.82. The molecule has 9 rings (SSSR count). The molecule has 0 atom stereocenters. The Labute approximate surface area is 330 Å². The molecular weight excluding hydrogens is 681 g/mol. The molecule has 0 aliphatic carbocycles. The van der Waals surface area contributed by atoms with E-state index < -0.39 is 0 Å². The van der Waals surface area contributed by atoms with Crippen molar-refractivity contribution in [2.45, 2.75) is 65.7 Å². The molecule has 0 aliphatic heterocycles. The lowest BCUT2D eigenvalue weighted by Gasteiger charge is -2.22. The largest absolute Gasteiger partial charge is 0.135 e. The smallest absolute Gasteiger partial charge is 0.0355 e. The first-order valence-corrected chi connectivity index (χ1v) is 20.6. The van der Waals surface area contributed by atoms with Gasteiger partial charge < -0.3 is 0 Å². The monoisotopic (exact) mass is 728 g/mol. The van der Waals surface area contributed by atoms with Crippen LogP contribution in [0.5, 0.6) is 0 Å². The van der Waals surface area contributed by atoms with E-state index in [1.165, 1.54) is 103 Å². The number of benzene rings is 8. The van der Waals surface area contributed by atoms with Crippen molar-refractivity contribution in [1.29, 1.82) is 0 Å². The van der Waals surface area contributed by atoms with Gasteiger partial charge in [-0.15, -0.1) is 11.3 Å². The molecule has 0 unspecified atom stereocenters. The molecule has 0 bridgehead atoms. The van der Waals surface area contributed by atoms with Crippen molar-refractivity contribution in [2.24, 2.45) is 0 Å². The summed E-state index contributed by atoms with van der Waals surface area (Å²) in [6.07, 6.45) is 0. The molecule has 8 aromatic carbocycles. The molecule has 1 heteroatoms. The van der Waals surface area contributed by atoms with Gasteiger partial charge in [-0.2, -0.15) is 0 Å². The predicted molar refractivity (Wildman–Crippen MR) is 243 cm³/mol. The van der Waals surface area contributed by atoms with Gasteiger partial charge in [0.1, 0.15) is 0 Å². The average molecular weight is 729 g/mol. The maximum absolute atomic E-state index is 2.48. The maximum Gasteiger partial charge on any atom is 0.0355 e. The molecule has 0 saturated heterocycles. The molecule has 0 N–H and O–H groups in total. The number of hydrogen-bond acceptors (Lipinski definition) is 1. The summed E-state index contributed by atoms with van der Waals surface area (Å²) in [6.45, 7) is 16.2. The van der Waals surface area contributed by atoms with Crippen molar-refractivity contribution in [3.63, 3.8) is 0 Å². The zero-order valence-corrected chi connectivity index (χ0v) is 33.8. The molecule has 9 aromatic rings. The maximum atomic E-state index is 2.48. The first-order chi connectivity index (χ1) is 26.5. The minimum absolute atomic E-state index is 0.143. The van der Waals surface area contributed by atoms with Gasteiger partial charge in [-0.25, -0.2) is 0 Å². The second-order valence-corrected chi connectivity index (χ2v) is 18.0. The zero-order chi connectivity index (χ0) is 38.0. The molecule has 0 aliphatic rings. The van der Waals surface area contributed by atoms with Crippen molar-refractivity contribution in [1.82, 2.24) is 0 Å². The van der Waals surface area contributed by atoms with E-state index in [4.69, 9.17) is 0 Å². The van der Waals surface area contributed by atoms with Crippen LogP contribution in [0.2, 0.25) is 0 Å². The normalized spacial score (nSPS) is 12.2. The molecular formula is C54H48S. The third-order valence-electron chi connectivity index (χ3n) is 11.5. The molecule has 55 heavy (non-hydrogen) atoms. The highest BCUT2D eigenvalue weighted by Crippen LogP contribution is 2.44. The van der Waals surface area contributed by atoms with Crippen LogP contribution in [0, 0.1) is 0 Å².